The van der Waals surface area contributed by atoms with Gasteiger partial charge in [-0.05, 0) is 62.6 Å². The second-order valence-electron chi connectivity index (χ2n) is 10.4. The van der Waals surface area contributed by atoms with Crippen LogP contribution in [0.25, 0.3) is 11.1 Å². The van der Waals surface area contributed by atoms with E-state index < -0.39 is 68.3 Å². The van der Waals surface area contributed by atoms with Crippen LogP contribution in [-0.2, 0) is 23.4 Å². The van der Waals surface area contributed by atoms with Crippen LogP contribution >= 0.6 is 7.75 Å². The van der Waals surface area contributed by atoms with Crippen molar-refractivity contribution in [1.82, 2.24) is 14.6 Å². The molecule has 0 amide bonds. The number of benzene rings is 2. The molecule has 0 saturated carbocycles. The Kier molecular flexibility index (Phi) is 9.67. The second kappa shape index (κ2) is 12.9. The number of aromatic amines is 1. The Balaban J connectivity index is 1.52. The Morgan fingerprint density at radius 3 is 2.49 bits per heavy atom. The number of nitrogens with one attached hydrogen (secondary N) is 2. The van der Waals surface area contributed by atoms with E-state index in [1.807, 2.05) is 4.98 Å². The van der Waals surface area contributed by atoms with Gasteiger partial charge in [-0.2, -0.15) is 0 Å². The SMILES string of the molecule is Cc1ccc(-c2ccc(OP(=O)(NCC(=O)OC(C)C)OC[C@H]3O[C@@H](n4ccc(=O)[nH]c4=O)[C@](C)(F)[C@@H]3O)cc2)cc1F. The average molecular weight is 624 g/mol. The maximum Gasteiger partial charge on any atom is 0.459 e. The second-order valence-corrected chi connectivity index (χ2v) is 12.1. The fraction of sp³-hybridized carbons (Fsp3) is 0.393. The molecule has 0 spiro atoms. The summed E-state index contributed by atoms with van der Waals surface area (Å²) >= 11 is 0. The van der Waals surface area contributed by atoms with Gasteiger partial charge in [0.15, 0.2) is 11.9 Å². The predicted octanol–water partition coefficient (Wildman–Crippen LogP) is 3.38. The zero-order valence-electron chi connectivity index (χ0n) is 23.8. The minimum atomic E-state index is -4.41. The highest BCUT2D eigenvalue weighted by atomic mass is 31.2. The fourth-order valence-electron chi connectivity index (χ4n) is 4.32. The zero-order chi connectivity index (χ0) is 31.5. The number of carbonyl (C=O) groups is 1. The number of carbonyl (C=O) groups excluding carboxylic acids is 1. The van der Waals surface area contributed by atoms with Gasteiger partial charge in [0.2, 0.25) is 0 Å². The van der Waals surface area contributed by atoms with E-state index in [2.05, 4.69) is 5.09 Å². The van der Waals surface area contributed by atoms with E-state index >= 15 is 4.39 Å². The molecule has 0 bridgehead atoms. The lowest BCUT2D eigenvalue weighted by molar-refractivity contribution is -0.146. The average Bonchev–Trinajstić information content (AvgIpc) is 3.16. The number of H-pyrrole nitrogens is 1. The van der Waals surface area contributed by atoms with Crippen molar-refractivity contribution in [2.45, 2.75) is 57.9 Å². The number of halogens is 2. The molecule has 43 heavy (non-hydrogen) atoms. The summed E-state index contributed by atoms with van der Waals surface area (Å²) in [6.45, 7) is 4.62. The van der Waals surface area contributed by atoms with E-state index in [-0.39, 0.29) is 11.6 Å². The molecule has 4 rings (SSSR count). The van der Waals surface area contributed by atoms with Crippen molar-refractivity contribution in [3.8, 4) is 16.9 Å². The molecule has 2 aromatic carbocycles. The molecule has 1 saturated heterocycles. The molecule has 3 aromatic rings. The van der Waals surface area contributed by atoms with Gasteiger partial charge in [0.05, 0.1) is 12.7 Å². The van der Waals surface area contributed by atoms with E-state index in [0.717, 1.165) is 23.8 Å². The molecule has 12 nitrogen and oxygen atoms in total. The van der Waals surface area contributed by atoms with Crippen LogP contribution in [0.3, 0.4) is 0 Å². The predicted molar refractivity (Wildman–Crippen MR) is 151 cm³/mol. The molecule has 1 aromatic heterocycles. The molecule has 5 atom stereocenters. The minimum absolute atomic E-state index is 0.0466. The van der Waals surface area contributed by atoms with Crippen LogP contribution in [0, 0.1) is 12.7 Å². The summed E-state index contributed by atoms with van der Waals surface area (Å²) in [5.74, 6) is -1.09. The van der Waals surface area contributed by atoms with Crippen molar-refractivity contribution in [1.29, 1.82) is 0 Å². The highest BCUT2D eigenvalue weighted by molar-refractivity contribution is 7.52. The third-order valence-electron chi connectivity index (χ3n) is 6.60. The highest BCUT2D eigenvalue weighted by Gasteiger charge is 2.55. The van der Waals surface area contributed by atoms with Crippen LogP contribution in [0.4, 0.5) is 8.78 Å². The van der Waals surface area contributed by atoms with Gasteiger partial charge in [-0.25, -0.2) is 23.2 Å². The maximum absolute atomic E-state index is 15.6. The minimum Gasteiger partial charge on any atom is -0.462 e. The van der Waals surface area contributed by atoms with E-state index in [0.29, 0.717) is 16.7 Å². The molecular formula is C28H32F2N3O9P. The van der Waals surface area contributed by atoms with Gasteiger partial charge in [-0.15, -0.1) is 0 Å². The molecule has 232 valence electrons. The summed E-state index contributed by atoms with van der Waals surface area (Å²) in [5.41, 5.74) is -2.47. The zero-order valence-corrected chi connectivity index (χ0v) is 24.7. The normalized spacial score (nSPS) is 23.2. The molecule has 1 aliphatic rings. The molecule has 0 radical (unpaired) electrons. The number of aliphatic hydroxyl groups is 1. The van der Waals surface area contributed by atoms with Gasteiger partial charge in [-0.1, -0.05) is 24.3 Å². The largest absolute Gasteiger partial charge is 0.462 e. The third kappa shape index (κ3) is 7.64. The highest BCUT2D eigenvalue weighted by Crippen LogP contribution is 2.47. The third-order valence-corrected chi connectivity index (χ3v) is 8.08. The summed E-state index contributed by atoms with van der Waals surface area (Å²) < 4.78 is 65.8. The summed E-state index contributed by atoms with van der Waals surface area (Å²) in [6.07, 6.45) is -4.39. The number of rotatable bonds is 11. The van der Waals surface area contributed by atoms with Crippen LogP contribution in [-0.4, -0.2) is 57.8 Å². The fourth-order valence-corrected chi connectivity index (χ4v) is 5.60. The molecule has 1 aliphatic heterocycles. The Morgan fingerprint density at radius 2 is 1.86 bits per heavy atom. The lowest BCUT2D eigenvalue weighted by atomic mass is 9.98. The molecule has 15 heteroatoms. The summed E-state index contributed by atoms with van der Waals surface area (Å²) in [7, 11) is -4.41. The van der Waals surface area contributed by atoms with Crippen molar-refractivity contribution < 1.29 is 41.8 Å². The first-order valence-corrected chi connectivity index (χ1v) is 14.8. The number of nitrogens with zero attached hydrogens (tertiary/aromatic N) is 1. The number of ether oxygens (including phenoxy) is 2. The summed E-state index contributed by atoms with van der Waals surface area (Å²) in [4.78, 5) is 37.8. The van der Waals surface area contributed by atoms with Crippen LogP contribution in [0.1, 0.15) is 32.6 Å². The number of hydrogen-bond donors (Lipinski definition) is 3. The Bertz CT molecular complexity index is 1620. The Morgan fingerprint density at radius 1 is 1.19 bits per heavy atom. The first kappa shape index (κ1) is 32.2. The Hall–Kier alpha value is -3.68. The number of aromatic nitrogens is 2. The van der Waals surface area contributed by atoms with Crippen molar-refractivity contribution in [2.24, 2.45) is 0 Å². The van der Waals surface area contributed by atoms with E-state index in [1.165, 1.54) is 18.2 Å². The van der Waals surface area contributed by atoms with Crippen LogP contribution < -0.4 is 20.9 Å². The van der Waals surface area contributed by atoms with Gasteiger partial charge < -0.3 is 19.1 Å². The topological polar surface area (TPSA) is 158 Å². The summed E-state index contributed by atoms with van der Waals surface area (Å²) in [6, 6.07) is 11.8. The first-order chi connectivity index (χ1) is 20.2. The smallest absolute Gasteiger partial charge is 0.459 e. The lowest BCUT2D eigenvalue weighted by Crippen LogP contribution is -2.43. The Labute approximate surface area is 245 Å². The van der Waals surface area contributed by atoms with E-state index in [4.69, 9.17) is 18.5 Å². The molecule has 0 aliphatic carbocycles. The molecular weight excluding hydrogens is 591 g/mol. The van der Waals surface area contributed by atoms with Gasteiger partial charge >= 0.3 is 19.4 Å². The van der Waals surface area contributed by atoms with Crippen LogP contribution in [0.15, 0.2) is 64.3 Å². The molecule has 3 N–H and O–H groups in total. The van der Waals surface area contributed by atoms with Gasteiger partial charge in [-0.3, -0.25) is 23.7 Å². The number of aliphatic hydroxyl groups excluding tert-OH is 1. The number of esters is 1. The quantitative estimate of drug-likeness (QED) is 0.214. The molecule has 1 unspecified atom stereocenters. The summed E-state index contributed by atoms with van der Waals surface area (Å²) in [5, 5.41) is 13.0. The standard InChI is InChI=1S/C28H32F2N3O9P/c1-16(2)40-24(35)14-31-43(38,42-20-9-7-18(8-10-20)19-6-5-17(3)21(29)13-19)39-15-22-25(36)28(4,30)26(41-22)33-12-11-23(34)32-27(33)37/h5-13,16,22,25-26,36H,14-15H2,1-4H3,(H,31,38)(H,32,34,37)/t22-,25-,26-,28-,43?/m1/s1. The molecule has 2 heterocycles. The monoisotopic (exact) mass is 623 g/mol. The van der Waals surface area contributed by atoms with E-state index in [9.17, 15) is 28.4 Å². The van der Waals surface area contributed by atoms with Crippen LogP contribution in [0.5, 0.6) is 5.75 Å². The number of alkyl halides is 1. The first-order valence-electron chi connectivity index (χ1n) is 13.3. The van der Waals surface area contributed by atoms with Crippen molar-refractivity contribution in [3.05, 3.63) is 86.9 Å². The van der Waals surface area contributed by atoms with Gasteiger partial charge in [0, 0.05) is 12.3 Å². The number of hydrogen-bond acceptors (Lipinski definition) is 9. The number of aryl methyl sites for hydroxylation is 1. The molecule has 1 fully saturated rings. The lowest BCUT2D eigenvalue weighted by Gasteiger charge is -2.24. The van der Waals surface area contributed by atoms with Gasteiger partial charge in [0.1, 0.15) is 30.3 Å². The van der Waals surface area contributed by atoms with Crippen LogP contribution in [0.2, 0.25) is 0 Å². The van der Waals surface area contributed by atoms with Crippen molar-refractivity contribution in [3.63, 3.8) is 0 Å². The van der Waals surface area contributed by atoms with Crippen molar-refractivity contribution in [2.75, 3.05) is 13.2 Å². The van der Waals surface area contributed by atoms with Crippen molar-refractivity contribution >= 4 is 13.7 Å². The van der Waals surface area contributed by atoms with E-state index in [1.54, 1.807) is 45.0 Å². The van der Waals surface area contributed by atoms with Gasteiger partial charge in [0.25, 0.3) is 5.56 Å². The maximum atomic E-state index is 15.6.